The molecule has 134 valence electrons. The van der Waals surface area contributed by atoms with Gasteiger partial charge in [-0.1, -0.05) is 66.2 Å². The molecule has 0 radical (unpaired) electrons. The zero-order chi connectivity index (χ0) is 18.9. The van der Waals surface area contributed by atoms with Crippen molar-refractivity contribution in [3.63, 3.8) is 0 Å². The molecule has 0 amide bonds. The van der Waals surface area contributed by atoms with E-state index >= 15 is 0 Å². The summed E-state index contributed by atoms with van der Waals surface area (Å²) in [4.78, 5) is 0. The molecule has 1 atom stereocenters. The molecule has 0 saturated carbocycles. The van der Waals surface area contributed by atoms with E-state index < -0.39 is 5.60 Å². The molecule has 0 aliphatic carbocycles. The van der Waals surface area contributed by atoms with Crippen molar-refractivity contribution >= 4 is 11.6 Å². The number of halogens is 2. The summed E-state index contributed by atoms with van der Waals surface area (Å²) in [7, 11) is 0. The Bertz CT molecular complexity index is 1050. The van der Waals surface area contributed by atoms with Gasteiger partial charge in [0.1, 0.15) is 5.82 Å². The van der Waals surface area contributed by atoms with Crippen LogP contribution >= 0.6 is 11.6 Å². The number of aromatic amines is 1. The van der Waals surface area contributed by atoms with Gasteiger partial charge in [0.15, 0.2) is 5.60 Å². The first-order chi connectivity index (χ1) is 13.1. The molecule has 4 aromatic rings. The monoisotopic (exact) mass is 378 g/mol. The molecule has 0 aliphatic rings. The Labute approximate surface area is 161 Å². The highest BCUT2D eigenvalue weighted by atomic mass is 35.5. The summed E-state index contributed by atoms with van der Waals surface area (Å²) >= 11 is 6.00. The minimum Gasteiger partial charge on any atom is -0.374 e. The standard InChI is InChI=1S/C22H16ClFN2O/c23-18-10-6-15(7-11-18)20-14-25-26-21(20)22(27,16-4-2-1-3-5-16)17-8-12-19(24)13-9-17/h1-14,27H,(H,25,26). The normalized spacial score (nSPS) is 13.3. The lowest BCUT2D eigenvalue weighted by Gasteiger charge is -2.29. The number of H-pyrrole nitrogens is 1. The van der Waals surface area contributed by atoms with Gasteiger partial charge < -0.3 is 5.11 Å². The topological polar surface area (TPSA) is 48.9 Å². The Morgan fingerprint density at radius 1 is 0.852 bits per heavy atom. The summed E-state index contributed by atoms with van der Waals surface area (Å²) < 4.78 is 13.5. The molecule has 0 bridgehead atoms. The number of aromatic nitrogens is 2. The summed E-state index contributed by atoms with van der Waals surface area (Å²) in [6, 6.07) is 22.4. The van der Waals surface area contributed by atoms with E-state index in [1.165, 1.54) is 12.1 Å². The van der Waals surface area contributed by atoms with Gasteiger partial charge in [-0.05, 0) is 41.0 Å². The number of aliphatic hydroxyl groups is 1. The Balaban J connectivity index is 1.95. The third-order valence-electron chi connectivity index (χ3n) is 4.61. The zero-order valence-electron chi connectivity index (χ0n) is 14.2. The van der Waals surface area contributed by atoms with Crippen LogP contribution < -0.4 is 0 Å². The number of hydrogen-bond donors (Lipinski definition) is 2. The average molecular weight is 379 g/mol. The molecule has 0 spiro atoms. The molecular formula is C22H16ClFN2O. The van der Waals surface area contributed by atoms with Crippen molar-refractivity contribution in [3.8, 4) is 11.1 Å². The summed E-state index contributed by atoms with van der Waals surface area (Å²) in [6.45, 7) is 0. The Morgan fingerprint density at radius 3 is 2.15 bits per heavy atom. The van der Waals surface area contributed by atoms with Crippen LogP contribution in [0.5, 0.6) is 0 Å². The van der Waals surface area contributed by atoms with Crippen molar-refractivity contribution in [1.29, 1.82) is 0 Å². The molecule has 1 heterocycles. The van der Waals surface area contributed by atoms with E-state index in [1.807, 2.05) is 42.5 Å². The minimum atomic E-state index is -1.53. The van der Waals surface area contributed by atoms with Crippen LogP contribution in [0.15, 0.2) is 85.1 Å². The third-order valence-corrected chi connectivity index (χ3v) is 4.86. The molecule has 0 saturated heterocycles. The second kappa shape index (κ2) is 6.99. The maximum absolute atomic E-state index is 13.5. The molecule has 0 fully saturated rings. The van der Waals surface area contributed by atoms with Gasteiger partial charge in [0.2, 0.25) is 0 Å². The fourth-order valence-electron chi connectivity index (χ4n) is 3.24. The SMILES string of the molecule is OC(c1ccccc1)(c1ccc(F)cc1)c1[nH]ncc1-c1ccc(Cl)cc1. The van der Waals surface area contributed by atoms with Gasteiger partial charge in [-0.2, -0.15) is 5.10 Å². The van der Waals surface area contributed by atoms with E-state index in [4.69, 9.17) is 11.6 Å². The number of hydrogen-bond acceptors (Lipinski definition) is 2. The fourth-order valence-corrected chi connectivity index (χ4v) is 3.36. The molecule has 0 aliphatic heterocycles. The van der Waals surface area contributed by atoms with Crippen LogP contribution in [0.4, 0.5) is 4.39 Å². The largest absolute Gasteiger partial charge is 0.374 e. The van der Waals surface area contributed by atoms with Crippen LogP contribution in [0.1, 0.15) is 16.8 Å². The highest BCUT2D eigenvalue weighted by Crippen LogP contribution is 2.40. The first-order valence-electron chi connectivity index (χ1n) is 8.43. The summed E-state index contributed by atoms with van der Waals surface area (Å²) in [5.74, 6) is -0.364. The number of rotatable bonds is 4. The lowest BCUT2D eigenvalue weighted by Crippen LogP contribution is -2.30. The lowest BCUT2D eigenvalue weighted by molar-refractivity contribution is 0.121. The van der Waals surface area contributed by atoms with E-state index in [0.717, 1.165) is 11.1 Å². The van der Waals surface area contributed by atoms with Crippen molar-refractivity contribution in [2.45, 2.75) is 5.60 Å². The van der Waals surface area contributed by atoms with E-state index in [1.54, 1.807) is 30.5 Å². The van der Waals surface area contributed by atoms with Crippen LogP contribution in [0.3, 0.4) is 0 Å². The Hall–Kier alpha value is -2.95. The molecule has 3 nitrogen and oxygen atoms in total. The second-order valence-corrected chi connectivity index (χ2v) is 6.69. The maximum Gasteiger partial charge on any atom is 0.157 e. The molecule has 2 N–H and O–H groups in total. The van der Waals surface area contributed by atoms with Crippen LogP contribution in [0.25, 0.3) is 11.1 Å². The van der Waals surface area contributed by atoms with Crippen LogP contribution in [0.2, 0.25) is 5.02 Å². The Kier molecular flexibility index (Phi) is 4.52. The molecular weight excluding hydrogens is 363 g/mol. The van der Waals surface area contributed by atoms with Crippen LogP contribution in [-0.2, 0) is 5.60 Å². The summed E-state index contributed by atoms with van der Waals surface area (Å²) in [5, 5.41) is 19.6. The molecule has 5 heteroatoms. The van der Waals surface area contributed by atoms with Gasteiger partial charge in [-0.3, -0.25) is 5.10 Å². The van der Waals surface area contributed by atoms with E-state index in [0.29, 0.717) is 21.8 Å². The second-order valence-electron chi connectivity index (χ2n) is 6.25. The van der Waals surface area contributed by atoms with Crippen LogP contribution in [-0.4, -0.2) is 15.3 Å². The van der Waals surface area contributed by atoms with Gasteiger partial charge in [-0.25, -0.2) is 4.39 Å². The number of nitrogens with one attached hydrogen (secondary N) is 1. The predicted octanol–water partition coefficient (Wildman–Crippen LogP) is 5.15. The first kappa shape index (κ1) is 17.5. The van der Waals surface area contributed by atoms with E-state index in [9.17, 15) is 9.50 Å². The number of nitrogens with zero attached hydrogens (tertiary/aromatic N) is 1. The predicted molar refractivity (Wildman–Crippen MR) is 104 cm³/mol. The smallest absolute Gasteiger partial charge is 0.157 e. The van der Waals surface area contributed by atoms with Crippen molar-refractivity contribution in [2.24, 2.45) is 0 Å². The van der Waals surface area contributed by atoms with Gasteiger partial charge in [0, 0.05) is 10.6 Å². The van der Waals surface area contributed by atoms with Gasteiger partial charge in [0.25, 0.3) is 0 Å². The fraction of sp³-hybridized carbons (Fsp3) is 0.0455. The van der Waals surface area contributed by atoms with E-state index in [2.05, 4.69) is 10.2 Å². The highest BCUT2D eigenvalue weighted by molar-refractivity contribution is 6.30. The first-order valence-corrected chi connectivity index (χ1v) is 8.80. The molecule has 4 rings (SSSR count). The van der Waals surface area contributed by atoms with Crippen LogP contribution in [0, 0.1) is 5.82 Å². The van der Waals surface area contributed by atoms with Crippen molar-refractivity contribution < 1.29 is 9.50 Å². The van der Waals surface area contributed by atoms with Crippen molar-refractivity contribution in [2.75, 3.05) is 0 Å². The highest BCUT2D eigenvalue weighted by Gasteiger charge is 2.37. The number of benzene rings is 3. The van der Waals surface area contributed by atoms with Gasteiger partial charge in [0.05, 0.1) is 11.9 Å². The molecule has 1 unspecified atom stereocenters. The molecule has 27 heavy (non-hydrogen) atoms. The molecule has 3 aromatic carbocycles. The maximum atomic E-state index is 13.5. The van der Waals surface area contributed by atoms with Crippen molar-refractivity contribution in [1.82, 2.24) is 10.2 Å². The van der Waals surface area contributed by atoms with Gasteiger partial charge >= 0.3 is 0 Å². The quantitative estimate of drug-likeness (QED) is 0.515. The summed E-state index contributed by atoms with van der Waals surface area (Å²) in [6.07, 6.45) is 1.66. The summed E-state index contributed by atoms with van der Waals surface area (Å²) in [5.41, 5.74) is 1.76. The average Bonchev–Trinajstić information content (AvgIpc) is 3.19. The van der Waals surface area contributed by atoms with Gasteiger partial charge in [-0.15, -0.1) is 0 Å². The molecule has 1 aromatic heterocycles. The minimum absolute atomic E-state index is 0.364. The van der Waals surface area contributed by atoms with Crippen molar-refractivity contribution in [3.05, 3.63) is 113 Å². The Morgan fingerprint density at radius 2 is 1.48 bits per heavy atom. The zero-order valence-corrected chi connectivity index (χ0v) is 15.0. The van der Waals surface area contributed by atoms with E-state index in [-0.39, 0.29) is 5.82 Å². The lowest BCUT2D eigenvalue weighted by atomic mass is 9.81. The third kappa shape index (κ3) is 3.14.